The Balaban J connectivity index is 1.85. The summed E-state index contributed by atoms with van der Waals surface area (Å²) in [5.41, 5.74) is 0.469. The monoisotopic (exact) mass is 341 g/mol. The van der Waals surface area contributed by atoms with Gasteiger partial charge in [-0.25, -0.2) is 18.4 Å². The molecule has 128 valence electrons. The first kappa shape index (κ1) is 17.6. The highest BCUT2D eigenvalue weighted by molar-refractivity contribution is 7.90. The largest absolute Gasteiger partial charge is 0.355 e. The summed E-state index contributed by atoms with van der Waals surface area (Å²) in [6.07, 6.45) is 4.30. The number of aromatic nitrogens is 2. The zero-order valence-corrected chi connectivity index (χ0v) is 14.3. The van der Waals surface area contributed by atoms with Crippen molar-refractivity contribution in [1.29, 1.82) is 0 Å². The topological polar surface area (TPSA) is 95.5 Å². The van der Waals surface area contributed by atoms with E-state index in [-0.39, 0.29) is 11.7 Å². The van der Waals surface area contributed by atoms with Gasteiger partial charge in [0.1, 0.15) is 9.84 Å². The van der Waals surface area contributed by atoms with E-state index in [1.54, 1.807) is 4.90 Å². The summed E-state index contributed by atoms with van der Waals surface area (Å²) in [5.74, 6) is 0.575. The fraction of sp³-hybridized carbons (Fsp3) is 0.643. The van der Waals surface area contributed by atoms with Gasteiger partial charge in [-0.3, -0.25) is 9.69 Å². The number of carbonyl (C=O) groups excluding carboxylic acids is 1. The van der Waals surface area contributed by atoms with Crippen LogP contribution in [0.5, 0.6) is 0 Å². The Hall–Kier alpha value is -1.74. The molecule has 1 aromatic heterocycles. The summed E-state index contributed by atoms with van der Waals surface area (Å²) < 4.78 is 22.4. The molecular weight excluding hydrogens is 318 g/mol. The first-order chi connectivity index (χ1) is 10.9. The normalized spacial score (nSPS) is 16.3. The molecule has 1 saturated heterocycles. The predicted molar refractivity (Wildman–Crippen MR) is 88.3 cm³/mol. The second-order valence-electron chi connectivity index (χ2n) is 5.59. The molecule has 2 rings (SSSR count). The van der Waals surface area contributed by atoms with Crippen molar-refractivity contribution in [3.63, 3.8) is 0 Å². The molecule has 8 nitrogen and oxygen atoms in total. The van der Waals surface area contributed by atoms with E-state index in [4.69, 9.17) is 0 Å². The van der Waals surface area contributed by atoms with Gasteiger partial charge in [-0.15, -0.1) is 0 Å². The quantitative estimate of drug-likeness (QED) is 0.759. The summed E-state index contributed by atoms with van der Waals surface area (Å²) in [6.45, 7) is 5.71. The van der Waals surface area contributed by atoms with Crippen molar-refractivity contribution < 1.29 is 13.2 Å². The predicted octanol–water partition coefficient (Wildman–Crippen LogP) is -0.289. The zero-order valence-electron chi connectivity index (χ0n) is 13.5. The smallest absolute Gasteiger partial charge is 0.257 e. The van der Waals surface area contributed by atoms with Gasteiger partial charge >= 0.3 is 0 Å². The molecule has 1 amide bonds. The van der Waals surface area contributed by atoms with Crippen molar-refractivity contribution in [2.24, 2.45) is 0 Å². The Morgan fingerprint density at radius 1 is 1.22 bits per heavy atom. The lowest BCUT2D eigenvalue weighted by Crippen LogP contribution is -2.49. The van der Waals surface area contributed by atoms with Crippen molar-refractivity contribution in [1.82, 2.24) is 19.8 Å². The molecule has 0 spiro atoms. The minimum absolute atomic E-state index is 0.0872. The fourth-order valence-corrected chi connectivity index (χ4v) is 2.93. The number of amides is 1. The van der Waals surface area contributed by atoms with Gasteiger partial charge in [-0.2, -0.15) is 0 Å². The molecule has 0 aromatic carbocycles. The second kappa shape index (κ2) is 7.69. The molecule has 1 aromatic rings. The van der Waals surface area contributed by atoms with Crippen LogP contribution in [0.1, 0.15) is 17.3 Å². The molecule has 9 heteroatoms. The SMILES string of the molecule is CCNc1ncc(C(=O)N2CCN(CCS(C)(=O)=O)CC2)cn1. The Morgan fingerprint density at radius 3 is 2.35 bits per heavy atom. The average molecular weight is 341 g/mol. The van der Waals surface area contributed by atoms with Crippen LogP contribution < -0.4 is 5.32 Å². The van der Waals surface area contributed by atoms with Crippen molar-refractivity contribution in [2.75, 3.05) is 56.6 Å². The highest BCUT2D eigenvalue weighted by Gasteiger charge is 2.23. The number of piperazine rings is 1. The Morgan fingerprint density at radius 2 is 1.83 bits per heavy atom. The maximum absolute atomic E-state index is 12.4. The number of carbonyl (C=O) groups is 1. The molecule has 1 fully saturated rings. The lowest BCUT2D eigenvalue weighted by Gasteiger charge is -2.34. The molecule has 0 atom stereocenters. The van der Waals surface area contributed by atoms with Crippen LogP contribution in [0.2, 0.25) is 0 Å². The van der Waals surface area contributed by atoms with E-state index < -0.39 is 9.84 Å². The molecule has 0 saturated carbocycles. The molecule has 0 unspecified atom stereocenters. The van der Waals surface area contributed by atoms with E-state index in [0.29, 0.717) is 44.2 Å². The average Bonchev–Trinajstić information content (AvgIpc) is 2.53. The van der Waals surface area contributed by atoms with Crippen LogP contribution in [0.15, 0.2) is 12.4 Å². The van der Waals surface area contributed by atoms with Gasteiger partial charge in [0.2, 0.25) is 5.95 Å². The zero-order chi connectivity index (χ0) is 16.9. The van der Waals surface area contributed by atoms with E-state index in [1.807, 2.05) is 6.92 Å². The summed E-state index contributed by atoms with van der Waals surface area (Å²) in [6, 6.07) is 0. The van der Waals surface area contributed by atoms with Crippen LogP contribution in [-0.2, 0) is 9.84 Å². The summed E-state index contributed by atoms with van der Waals surface area (Å²) in [7, 11) is -2.95. The van der Waals surface area contributed by atoms with Crippen LogP contribution in [-0.4, -0.2) is 85.4 Å². The van der Waals surface area contributed by atoms with Crippen LogP contribution >= 0.6 is 0 Å². The molecule has 0 aliphatic carbocycles. The number of hydrogen-bond donors (Lipinski definition) is 1. The number of anilines is 1. The van der Waals surface area contributed by atoms with Gasteiger partial charge in [0.05, 0.1) is 11.3 Å². The minimum Gasteiger partial charge on any atom is -0.355 e. The van der Waals surface area contributed by atoms with E-state index in [1.165, 1.54) is 18.6 Å². The number of rotatable bonds is 6. The lowest BCUT2D eigenvalue weighted by atomic mass is 10.2. The molecule has 2 heterocycles. The molecule has 1 aliphatic rings. The van der Waals surface area contributed by atoms with Crippen molar-refractivity contribution >= 4 is 21.7 Å². The molecule has 23 heavy (non-hydrogen) atoms. The number of sulfone groups is 1. The van der Waals surface area contributed by atoms with Gasteiger partial charge in [0, 0.05) is 57.9 Å². The van der Waals surface area contributed by atoms with E-state index >= 15 is 0 Å². The van der Waals surface area contributed by atoms with Gasteiger partial charge in [-0.1, -0.05) is 0 Å². The Kier molecular flexibility index (Phi) is 5.89. The lowest BCUT2D eigenvalue weighted by molar-refractivity contribution is 0.0643. The van der Waals surface area contributed by atoms with Crippen LogP contribution in [0.4, 0.5) is 5.95 Å². The van der Waals surface area contributed by atoms with Crippen molar-refractivity contribution in [3.8, 4) is 0 Å². The number of nitrogens with zero attached hydrogens (tertiary/aromatic N) is 4. The van der Waals surface area contributed by atoms with E-state index in [2.05, 4.69) is 20.2 Å². The molecule has 0 radical (unpaired) electrons. The number of hydrogen-bond acceptors (Lipinski definition) is 7. The standard InChI is InChI=1S/C14H23N5O3S/c1-3-15-14-16-10-12(11-17-14)13(20)19-6-4-18(5-7-19)8-9-23(2,21)22/h10-11H,3-9H2,1-2H3,(H,15,16,17). The summed E-state index contributed by atoms with van der Waals surface area (Å²) >= 11 is 0. The van der Waals surface area contributed by atoms with Gasteiger partial charge in [0.25, 0.3) is 5.91 Å². The van der Waals surface area contributed by atoms with Gasteiger partial charge < -0.3 is 10.2 Å². The first-order valence-electron chi connectivity index (χ1n) is 7.64. The Bertz CT molecular complexity index is 624. The van der Waals surface area contributed by atoms with Crippen LogP contribution in [0.25, 0.3) is 0 Å². The van der Waals surface area contributed by atoms with E-state index in [0.717, 1.165) is 6.54 Å². The second-order valence-corrected chi connectivity index (χ2v) is 7.85. The van der Waals surface area contributed by atoms with Gasteiger partial charge in [-0.05, 0) is 6.92 Å². The molecule has 0 bridgehead atoms. The van der Waals surface area contributed by atoms with Crippen molar-refractivity contribution in [3.05, 3.63) is 18.0 Å². The summed E-state index contributed by atoms with van der Waals surface area (Å²) in [5, 5.41) is 2.98. The van der Waals surface area contributed by atoms with Crippen molar-refractivity contribution in [2.45, 2.75) is 6.92 Å². The van der Waals surface area contributed by atoms with E-state index in [9.17, 15) is 13.2 Å². The first-order valence-corrected chi connectivity index (χ1v) is 9.70. The fourth-order valence-electron chi connectivity index (χ4n) is 2.34. The Labute approximate surface area is 136 Å². The third-order valence-electron chi connectivity index (χ3n) is 3.67. The van der Waals surface area contributed by atoms with Gasteiger partial charge in [0.15, 0.2) is 0 Å². The molecule has 1 N–H and O–H groups in total. The maximum atomic E-state index is 12.4. The van der Waals surface area contributed by atoms with Crippen LogP contribution in [0, 0.1) is 0 Å². The highest BCUT2D eigenvalue weighted by atomic mass is 32.2. The minimum atomic E-state index is -2.95. The maximum Gasteiger partial charge on any atom is 0.257 e. The molecule has 1 aliphatic heterocycles. The molecular formula is C14H23N5O3S. The third kappa shape index (κ3) is 5.43. The summed E-state index contributed by atoms with van der Waals surface area (Å²) in [4.78, 5) is 24.4. The third-order valence-corrected chi connectivity index (χ3v) is 4.60. The highest BCUT2D eigenvalue weighted by Crippen LogP contribution is 2.09. The number of nitrogens with one attached hydrogen (secondary N) is 1. The van der Waals surface area contributed by atoms with Crippen LogP contribution in [0.3, 0.4) is 0 Å².